The van der Waals surface area contributed by atoms with Crippen LogP contribution in [0.15, 0.2) is 0 Å². The van der Waals surface area contributed by atoms with Crippen molar-refractivity contribution in [1.82, 2.24) is 10.4 Å². The van der Waals surface area contributed by atoms with Gasteiger partial charge in [0, 0.05) is 25.7 Å². The summed E-state index contributed by atoms with van der Waals surface area (Å²) in [6.45, 7) is 9.30. The number of unbranched alkanes of at least 4 members (excludes halogenated alkanes) is 1. The zero-order valence-corrected chi connectivity index (χ0v) is 9.34. The van der Waals surface area contributed by atoms with Gasteiger partial charge in [-0.2, -0.15) is 0 Å². The van der Waals surface area contributed by atoms with Crippen molar-refractivity contribution in [3.8, 4) is 0 Å². The van der Waals surface area contributed by atoms with Gasteiger partial charge in [0.2, 0.25) is 0 Å². The predicted molar refractivity (Wildman–Crippen MR) is 58.4 cm³/mol. The highest BCUT2D eigenvalue weighted by Gasteiger charge is 2.09. The second kappa shape index (κ2) is 8.48. The molecule has 0 fully saturated rings. The molecule has 13 heavy (non-hydrogen) atoms. The predicted octanol–water partition coefficient (Wildman–Crippen LogP) is 1.35. The molecule has 0 saturated heterocycles. The lowest BCUT2D eigenvalue weighted by molar-refractivity contribution is 0.135. The number of nitrogens with one attached hydrogen (secondary N) is 1. The molecule has 0 aromatic carbocycles. The highest BCUT2D eigenvalue weighted by Crippen LogP contribution is 2.05. The lowest BCUT2D eigenvalue weighted by Crippen LogP contribution is -2.46. The second-order valence-electron chi connectivity index (χ2n) is 3.47. The highest BCUT2D eigenvalue weighted by molar-refractivity contribution is 4.62. The Morgan fingerprint density at radius 1 is 1.38 bits per heavy atom. The molecule has 0 aromatic heterocycles. The van der Waals surface area contributed by atoms with Crippen molar-refractivity contribution < 1.29 is 0 Å². The van der Waals surface area contributed by atoms with Crippen LogP contribution in [0, 0.1) is 0 Å². The van der Waals surface area contributed by atoms with E-state index in [4.69, 9.17) is 5.73 Å². The first-order chi connectivity index (χ1) is 6.26. The standard InChI is InChI=1S/C10H25N3/c1-4-6-7-10(3)13(5-2)12-9-8-11/h10,12H,4-9,11H2,1-3H3. The third kappa shape index (κ3) is 6.02. The minimum Gasteiger partial charge on any atom is -0.329 e. The van der Waals surface area contributed by atoms with Crippen molar-refractivity contribution >= 4 is 0 Å². The van der Waals surface area contributed by atoms with Crippen molar-refractivity contribution in [2.24, 2.45) is 5.73 Å². The van der Waals surface area contributed by atoms with Crippen LogP contribution in [-0.2, 0) is 0 Å². The monoisotopic (exact) mass is 187 g/mol. The number of hydrogen-bond donors (Lipinski definition) is 2. The lowest BCUT2D eigenvalue weighted by atomic mass is 10.1. The fourth-order valence-corrected chi connectivity index (χ4v) is 1.44. The molecular formula is C10H25N3. The van der Waals surface area contributed by atoms with E-state index < -0.39 is 0 Å². The van der Waals surface area contributed by atoms with Gasteiger partial charge in [-0.3, -0.25) is 5.43 Å². The molecule has 3 heteroatoms. The van der Waals surface area contributed by atoms with Gasteiger partial charge in [0.05, 0.1) is 0 Å². The van der Waals surface area contributed by atoms with Crippen molar-refractivity contribution in [3.05, 3.63) is 0 Å². The van der Waals surface area contributed by atoms with Crippen LogP contribution in [0.25, 0.3) is 0 Å². The van der Waals surface area contributed by atoms with Gasteiger partial charge in [-0.25, -0.2) is 5.01 Å². The molecule has 0 heterocycles. The summed E-state index contributed by atoms with van der Waals surface area (Å²) in [5, 5.41) is 2.28. The second-order valence-corrected chi connectivity index (χ2v) is 3.47. The van der Waals surface area contributed by atoms with Crippen LogP contribution in [0.5, 0.6) is 0 Å². The van der Waals surface area contributed by atoms with Gasteiger partial charge in [-0.15, -0.1) is 0 Å². The average Bonchev–Trinajstić information content (AvgIpc) is 2.16. The van der Waals surface area contributed by atoms with Gasteiger partial charge in [-0.05, 0) is 13.3 Å². The first-order valence-corrected chi connectivity index (χ1v) is 5.46. The molecule has 0 rings (SSSR count). The Kier molecular flexibility index (Phi) is 8.40. The van der Waals surface area contributed by atoms with E-state index in [1.165, 1.54) is 19.3 Å². The summed E-state index contributed by atoms with van der Waals surface area (Å²) >= 11 is 0. The van der Waals surface area contributed by atoms with E-state index in [9.17, 15) is 0 Å². The topological polar surface area (TPSA) is 41.3 Å². The Labute approximate surface area is 82.6 Å². The van der Waals surface area contributed by atoms with Crippen molar-refractivity contribution in [2.45, 2.75) is 46.1 Å². The third-order valence-electron chi connectivity index (χ3n) is 2.31. The van der Waals surface area contributed by atoms with E-state index in [2.05, 4.69) is 31.2 Å². The summed E-state index contributed by atoms with van der Waals surface area (Å²) in [4.78, 5) is 0. The molecule has 0 aliphatic heterocycles. The molecule has 80 valence electrons. The Morgan fingerprint density at radius 3 is 2.54 bits per heavy atom. The maximum absolute atomic E-state index is 5.44. The fraction of sp³-hybridized carbons (Fsp3) is 1.00. The van der Waals surface area contributed by atoms with Crippen LogP contribution in [0.3, 0.4) is 0 Å². The van der Waals surface area contributed by atoms with Crippen LogP contribution >= 0.6 is 0 Å². The first-order valence-electron chi connectivity index (χ1n) is 5.46. The zero-order chi connectivity index (χ0) is 10.1. The fourth-order valence-electron chi connectivity index (χ4n) is 1.44. The van der Waals surface area contributed by atoms with E-state index in [-0.39, 0.29) is 0 Å². The Hall–Kier alpha value is -0.120. The number of hydrazine groups is 1. The Balaban J connectivity index is 3.63. The molecule has 0 bridgehead atoms. The van der Waals surface area contributed by atoms with E-state index in [0.29, 0.717) is 12.6 Å². The Morgan fingerprint density at radius 2 is 2.08 bits per heavy atom. The van der Waals surface area contributed by atoms with Gasteiger partial charge in [-0.1, -0.05) is 26.7 Å². The number of nitrogens with two attached hydrogens (primary N) is 1. The van der Waals surface area contributed by atoms with Crippen molar-refractivity contribution in [3.63, 3.8) is 0 Å². The molecule has 3 nitrogen and oxygen atoms in total. The lowest BCUT2D eigenvalue weighted by Gasteiger charge is -2.28. The van der Waals surface area contributed by atoms with Gasteiger partial charge < -0.3 is 5.73 Å². The summed E-state index contributed by atoms with van der Waals surface area (Å²) in [6.07, 6.45) is 3.85. The molecule has 0 saturated carbocycles. The molecule has 3 N–H and O–H groups in total. The normalized spacial score (nSPS) is 13.6. The smallest absolute Gasteiger partial charge is 0.0225 e. The van der Waals surface area contributed by atoms with Gasteiger partial charge >= 0.3 is 0 Å². The number of hydrogen-bond acceptors (Lipinski definition) is 3. The number of nitrogens with zero attached hydrogens (tertiary/aromatic N) is 1. The maximum atomic E-state index is 5.44. The molecule has 0 radical (unpaired) electrons. The van der Waals surface area contributed by atoms with E-state index in [1.54, 1.807) is 0 Å². The molecule has 0 aliphatic rings. The summed E-state index contributed by atoms with van der Waals surface area (Å²) in [6, 6.07) is 0.622. The molecule has 1 unspecified atom stereocenters. The minimum absolute atomic E-state index is 0.622. The van der Waals surface area contributed by atoms with E-state index in [0.717, 1.165) is 13.1 Å². The molecule has 1 atom stereocenters. The summed E-state index contributed by atoms with van der Waals surface area (Å²) in [5.41, 5.74) is 8.78. The van der Waals surface area contributed by atoms with Crippen LogP contribution in [0.2, 0.25) is 0 Å². The minimum atomic E-state index is 0.622. The largest absolute Gasteiger partial charge is 0.329 e. The first kappa shape index (κ1) is 12.9. The SMILES string of the molecule is CCCCC(C)N(CC)NCCN. The van der Waals surface area contributed by atoms with Crippen molar-refractivity contribution in [1.29, 1.82) is 0 Å². The van der Waals surface area contributed by atoms with E-state index >= 15 is 0 Å². The maximum Gasteiger partial charge on any atom is 0.0225 e. The van der Waals surface area contributed by atoms with Crippen LogP contribution < -0.4 is 11.2 Å². The van der Waals surface area contributed by atoms with E-state index in [1.807, 2.05) is 0 Å². The quantitative estimate of drug-likeness (QED) is 0.564. The Bertz CT molecular complexity index is 106. The van der Waals surface area contributed by atoms with Crippen LogP contribution in [0.4, 0.5) is 0 Å². The molecule has 0 amide bonds. The molecule has 0 aliphatic carbocycles. The van der Waals surface area contributed by atoms with Gasteiger partial charge in [0.25, 0.3) is 0 Å². The van der Waals surface area contributed by atoms with Crippen LogP contribution in [0.1, 0.15) is 40.0 Å². The van der Waals surface area contributed by atoms with Gasteiger partial charge in [0.1, 0.15) is 0 Å². The summed E-state index contributed by atoms with van der Waals surface area (Å²) in [7, 11) is 0. The van der Waals surface area contributed by atoms with Gasteiger partial charge in [0.15, 0.2) is 0 Å². The third-order valence-corrected chi connectivity index (χ3v) is 2.31. The molecule has 0 spiro atoms. The summed E-state index contributed by atoms with van der Waals surface area (Å²) in [5.74, 6) is 0. The highest BCUT2D eigenvalue weighted by atomic mass is 15.5. The zero-order valence-electron chi connectivity index (χ0n) is 9.34. The van der Waals surface area contributed by atoms with Crippen molar-refractivity contribution in [2.75, 3.05) is 19.6 Å². The summed E-state index contributed by atoms with van der Waals surface area (Å²) < 4.78 is 0. The number of rotatable bonds is 8. The average molecular weight is 187 g/mol. The van der Waals surface area contributed by atoms with Crippen LogP contribution in [-0.4, -0.2) is 30.7 Å². The molecule has 0 aromatic rings. The molecular weight excluding hydrogens is 162 g/mol.